The van der Waals surface area contributed by atoms with E-state index in [2.05, 4.69) is 81.9 Å². The molecule has 0 aliphatic rings. The lowest BCUT2D eigenvalue weighted by molar-refractivity contribution is -0.136. The van der Waals surface area contributed by atoms with E-state index in [9.17, 15) is 9.90 Å². The quantitative estimate of drug-likeness (QED) is 0.500. The number of rotatable bonds is 4. The number of carboxylic acids is 1. The van der Waals surface area contributed by atoms with Crippen LogP contribution in [-0.4, -0.2) is 24.5 Å². The maximum Gasteiger partial charge on any atom is 0.307 e. The molecule has 3 aromatic rings. The summed E-state index contributed by atoms with van der Waals surface area (Å²) in [7, 11) is 0. The molecule has 0 bridgehead atoms. The Morgan fingerprint density at radius 1 is 1.00 bits per heavy atom. The molecule has 0 aliphatic heterocycles. The average Bonchev–Trinajstić information content (AvgIpc) is 2.78. The predicted molar refractivity (Wildman–Crippen MR) is 119 cm³/mol. The molecule has 1 heterocycles. The van der Waals surface area contributed by atoms with Gasteiger partial charge in [0.1, 0.15) is 0 Å². The minimum atomic E-state index is -0.799. The van der Waals surface area contributed by atoms with Crippen molar-refractivity contribution in [1.29, 1.82) is 0 Å². The van der Waals surface area contributed by atoms with E-state index in [0.717, 1.165) is 16.0 Å². The van der Waals surface area contributed by atoms with Gasteiger partial charge in [0.25, 0.3) is 0 Å². The number of aliphatic carboxylic acids is 1. The second kappa shape index (κ2) is 7.10. The van der Waals surface area contributed by atoms with Crippen LogP contribution in [0.5, 0.6) is 0 Å². The molecular weight excluding hydrogens is 374 g/mol. The van der Waals surface area contributed by atoms with Crippen LogP contribution in [0.2, 0.25) is 0 Å². The first-order valence-corrected chi connectivity index (χ1v) is 10.7. The first kappa shape index (κ1) is 20.2. The molecule has 144 valence electrons. The van der Waals surface area contributed by atoms with Gasteiger partial charge in [-0.2, -0.15) is 0 Å². The molecule has 1 N–H and O–H groups in total. The molecule has 0 spiro atoms. The van der Waals surface area contributed by atoms with E-state index in [1.807, 2.05) is 0 Å². The molecule has 0 amide bonds. The summed E-state index contributed by atoms with van der Waals surface area (Å²) in [6.07, 6.45) is 0.0371. The zero-order valence-corrected chi connectivity index (χ0v) is 18.4. The van der Waals surface area contributed by atoms with Gasteiger partial charge in [0.2, 0.25) is 0 Å². The van der Waals surface area contributed by atoms with Crippen LogP contribution in [0.1, 0.15) is 47.1 Å². The van der Waals surface area contributed by atoms with Crippen molar-refractivity contribution in [1.82, 2.24) is 3.97 Å². The first-order valence-electron chi connectivity index (χ1n) is 9.11. The predicted octanol–water partition coefficient (Wildman–Crippen LogP) is 6.61. The third kappa shape index (κ3) is 4.64. The Labute approximate surface area is 169 Å². The highest BCUT2D eigenvalue weighted by atomic mass is 32.2. The lowest BCUT2D eigenvalue weighted by Gasteiger charge is -2.21. The maximum absolute atomic E-state index is 11.4. The van der Waals surface area contributed by atoms with Crippen molar-refractivity contribution in [2.75, 3.05) is 0 Å². The van der Waals surface area contributed by atoms with Gasteiger partial charge >= 0.3 is 5.97 Å². The zero-order chi connectivity index (χ0) is 20.0. The fourth-order valence-electron chi connectivity index (χ4n) is 3.14. The summed E-state index contributed by atoms with van der Waals surface area (Å²) in [6.45, 7) is 13.2. The molecule has 1 aromatic heterocycles. The summed E-state index contributed by atoms with van der Waals surface area (Å²) in [6, 6.07) is 12.6. The van der Waals surface area contributed by atoms with Gasteiger partial charge in [-0.25, -0.2) is 0 Å². The Morgan fingerprint density at radius 3 is 2.26 bits per heavy atom. The maximum atomic E-state index is 11.4. The zero-order valence-electron chi connectivity index (χ0n) is 16.8. The van der Waals surface area contributed by atoms with Crippen molar-refractivity contribution in [2.45, 2.75) is 62.4 Å². The number of nitrogens with zero attached hydrogens (tertiary/aromatic N) is 1. The van der Waals surface area contributed by atoms with Crippen LogP contribution in [0.25, 0.3) is 21.8 Å². The van der Waals surface area contributed by atoms with Gasteiger partial charge < -0.3 is 5.11 Å². The minimum absolute atomic E-state index is 0.0366. The second-order valence-electron chi connectivity index (χ2n) is 8.79. The van der Waals surface area contributed by atoms with Gasteiger partial charge in [0.05, 0.1) is 17.5 Å². The average molecular weight is 402 g/mol. The van der Waals surface area contributed by atoms with Gasteiger partial charge in [-0.05, 0) is 56.5 Å². The highest BCUT2D eigenvalue weighted by Gasteiger charge is 2.23. The highest BCUT2D eigenvalue weighted by molar-refractivity contribution is 8.01. The number of fused-ring (bicyclic) bond motifs is 3. The molecule has 0 aliphatic carbocycles. The van der Waals surface area contributed by atoms with E-state index in [1.54, 1.807) is 23.7 Å². The van der Waals surface area contributed by atoms with Crippen molar-refractivity contribution in [2.24, 2.45) is 0 Å². The Hall–Kier alpha value is -1.59. The van der Waals surface area contributed by atoms with E-state index >= 15 is 0 Å². The fourth-order valence-corrected chi connectivity index (χ4v) is 5.37. The molecule has 5 heteroatoms. The molecule has 0 fully saturated rings. The van der Waals surface area contributed by atoms with E-state index in [0.29, 0.717) is 0 Å². The molecule has 27 heavy (non-hydrogen) atoms. The fraction of sp³-hybridized carbons (Fsp3) is 0.409. The van der Waals surface area contributed by atoms with Crippen molar-refractivity contribution in [3.8, 4) is 0 Å². The van der Waals surface area contributed by atoms with Crippen LogP contribution in [0.3, 0.4) is 0 Å². The molecule has 0 saturated carbocycles. The number of para-hydroxylation sites is 1. The number of benzene rings is 2. The Bertz CT molecular complexity index is 1010. The summed E-state index contributed by atoms with van der Waals surface area (Å²) < 4.78 is 2.35. The number of aromatic nitrogens is 1. The Balaban J connectivity index is 2.38. The summed E-state index contributed by atoms with van der Waals surface area (Å²) >= 11 is 3.58. The van der Waals surface area contributed by atoms with Crippen molar-refractivity contribution < 1.29 is 9.90 Å². The summed E-state index contributed by atoms with van der Waals surface area (Å²) in [5.74, 6) is -0.799. The van der Waals surface area contributed by atoms with Crippen molar-refractivity contribution >= 4 is 51.5 Å². The normalized spacial score (nSPS) is 12.8. The SMILES string of the molecule is CC(C)(C)Sc1cc(CC(=O)O)cc2c1c1ccccc1n2SC(C)(C)C. The molecule has 0 radical (unpaired) electrons. The van der Waals surface area contributed by atoms with Gasteiger partial charge in [0.15, 0.2) is 0 Å². The molecule has 0 atom stereocenters. The van der Waals surface area contributed by atoms with Gasteiger partial charge in [-0.1, -0.05) is 39.0 Å². The van der Waals surface area contributed by atoms with Crippen LogP contribution in [0.4, 0.5) is 0 Å². The Kier molecular flexibility index (Phi) is 5.30. The van der Waals surface area contributed by atoms with Crippen LogP contribution in [0, 0.1) is 0 Å². The molecule has 2 aromatic carbocycles. The second-order valence-corrected chi connectivity index (χ2v) is 12.4. The Morgan fingerprint density at radius 2 is 1.67 bits per heavy atom. The van der Waals surface area contributed by atoms with E-state index in [-0.39, 0.29) is 15.9 Å². The third-order valence-electron chi connectivity index (χ3n) is 3.89. The van der Waals surface area contributed by atoms with Gasteiger partial charge in [-0.15, -0.1) is 11.8 Å². The van der Waals surface area contributed by atoms with E-state index in [4.69, 9.17) is 0 Å². The summed E-state index contributed by atoms with van der Waals surface area (Å²) in [5, 5.41) is 11.8. The van der Waals surface area contributed by atoms with Crippen LogP contribution in [0.15, 0.2) is 41.3 Å². The van der Waals surface area contributed by atoms with Crippen LogP contribution in [-0.2, 0) is 11.2 Å². The molecule has 3 rings (SSSR count). The summed E-state index contributed by atoms with van der Waals surface area (Å²) in [5.41, 5.74) is 3.12. The number of carbonyl (C=O) groups is 1. The number of carboxylic acid groups (broad SMARTS) is 1. The lowest BCUT2D eigenvalue weighted by Crippen LogP contribution is -2.11. The monoisotopic (exact) mass is 401 g/mol. The topological polar surface area (TPSA) is 42.2 Å². The van der Waals surface area contributed by atoms with Crippen molar-refractivity contribution in [3.05, 3.63) is 42.0 Å². The van der Waals surface area contributed by atoms with E-state index in [1.165, 1.54) is 16.3 Å². The number of thioether (sulfide) groups is 1. The molecule has 0 saturated heterocycles. The lowest BCUT2D eigenvalue weighted by atomic mass is 10.1. The molecular formula is C22H27NO2S2. The van der Waals surface area contributed by atoms with Crippen LogP contribution >= 0.6 is 23.7 Å². The van der Waals surface area contributed by atoms with Crippen LogP contribution < -0.4 is 0 Å². The first-order chi connectivity index (χ1) is 12.4. The highest BCUT2D eigenvalue weighted by Crippen LogP contribution is 2.44. The minimum Gasteiger partial charge on any atom is -0.481 e. The third-order valence-corrected chi connectivity index (χ3v) is 6.17. The largest absolute Gasteiger partial charge is 0.481 e. The number of hydrogen-bond donors (Lipinski definition) is 1. The molecule has 0 unspecified atom stereocenters. The smallest absolute Gasteiger partial charge is 0.307 e. The van der Waals surface area contributed by atoms with E-state index < -0.39 is 5.97 Å². The van der Waals surface area contributed by atoms with Gasteiger partial charge in [0, 0.05) is 25.2 Å². The van der Waals surface area contributed by atoms with Crippen molar-refractivity contribution in [3.63, 3.8) is 0 Å². The standard InChI is InChI=1S/C22H27NO2S2/c1-21(2,3)26-18-12-14(13-19(24)25)11-17-20(18)15-9-7-8-10-16(15)23(17)27-22(4,5)6/h7-12H,13H2,1-6H3,(H,24,25). The number of hydrogen-bond acceptors (Lipinski definition) is 3. The molecule has 3 nitrogen and oxygen atoms in total. The van der Waals surface area contributed by atoms with Gasteiger partial charge in [-0.3, -0.25) is 8.77 Å². The summed E-state index contributed by atoms with van der Waals surface area (Å²) in [4.78, 5) is 12.5.